The van der Waals surface area contributed by atoms with Crippen LogP contribution in [-0.4, -0.2) is 48.1 Å². The fraction of sp³-hybridized carbons (Fsp3) is 0.929. The summed E-state index contributed by atoms with van der Waals surface area (Å²) in [5.41, 5.74) is 0.170. The van der Waals surface area contributed by atoms with Gasteiger partial charge >= 0.3 is 19.5 Å². The first-order valence-electron chi connectivity index (χ1n) is 12.8. The molecule has 35 heavy (non-hydrogen) atoms. The van der Waals surface area contributed by atoms with E-state index >= 15 is 0 Å². The number of hydrogen-bond donors (Lipinski definition) is 0. The van der Waals surface area contributed by atoms with Gasteiger partial charge in [-0.15, -0.1) is 22.2 Å². The Morgan fingerprint density at radius 1 is 0.514 bits per heavy atom. The second-order valence-corrected chi connectivity index (χ2v) is 11.7. The number of carbonyl (C=O) groups excluding carboxylic acids is 2. The van der Waals surface area contributed by atoms with Crippen molar-refractivity contribution in [2.75, 3.05) is 0 Å². The van der Waals surface area contributed by atoms with E-state index in [-0.39, 0.29) is 54.0 Å². The average molecular weight is 584 g/mol. The monoisotopic (exact) mass is 584 g/mol. The molecule has 0 rings (SSSR count). The van der Waals surface area contributed by atoms with Crippen molar-refractivity contribution >= 4 is 13.6 Å². The number of hydrogen-bond acceptors (Lipinski definition) is 2. The summed E-state index contributed by atoms with van der Waals surface area (Å²) in [4.78, 5) is 15.5. The van der Waals surface area contributed by atoms with Crippen molar-refractivity contribution in [3.8, 4) is 0 Å². The molecule has 0 aromatic carbocycles. The molecule has 0 aliphatic carbocycles. The normalized spacial score (nSPS) is 13.4. The first kappa shape index (κ1) is 44.8. The maximum absolute atomic E-state index is 7.75. The van der Waals surface area contributed by atoms with E-state index < -0.39 is 0 Å². The summed E-state index contributed by atoms with van der Waals surface area (Å²) in [5.74, 6) is 0. The molecule has 0 saturated carbocycles. The van der Waals surface area contributed by atoms with Crippen LogP contribution in [0.2, 0.25) is 0 Å². The summed E-state index contributed by atoms with van der Waals surface area (Å²) >= 11 is 0. The average Bonchev–Trinajstić information content (AvgIpc) is 2.69. The number of nitrogens with zero attached hydrogens (tertiary/aromatic N) is 4. The van der Waals surface area contributed by atoms with Crippen LogP contribution < -0.4 is 0 Å². The fourth-order valence-electron chi connectivity index (χ4n) is 2.72. The molecule has 6 nitrogen and oxygen atoms in total. The number of rotatable bonds is 12. The van der Waals surface area contributed by atoms with Crippen LogP contribution in [0.15, 0.2) is 0 Å². The molecule has 0 radical (unpaired) electrons. The molecule has 0 aromatic rings. The van der Waals surface area contributed by atoms with E-state index in [0.717, 1.165) is 38.5 Å². The van der Waals surface area contributed by atoms with Gasteiger partial charge in [-0.3, -0.25) is 13.6 Å². The van der Waals surface area contributed by atoms with Gasteiger partial charge in [-0.2, -0.15) is 0 Å². The second-order valence-electron chi connectivity index (χ2n) is 11.7. The Labute approximate surface area is 233 Å². The van der Waals surface area contributed by atoms with Crippen LogP contribution in [0.4, 0.5) is 0 Å². The zero-order valence-corrected chi connectivity index (χ0v) is 27.2. The first-order valence-corrected chi connectivity index (χ1v) is 12.8. The minimum atomic E-state index is 0. The van der Waals surface area contributed by atoms with Gasteiger partial charge in [0.15, 0.2) is 0 Å². The zero-order valence-electron chi connectivity index (χ0n) is 25.5. The summed E-state index contributed by atoms with van der Waals surface area (Å²) in [7, 11) is 0. The predicted molar refractivity (Wildman–Crippen MR) is 153 cm³/mol. The topological polar surface area (TPSA) is 90.5 Å². The van der Waals surface area contributed by atoms with Crippen LogP contribution in [0.3, 0.4) is 0 Å². The van der Waals surface area contributed by atoms with E-state index in [1.54, 1.807) is 0 Å². The van der Waals surface area contributed by atoms with E-state index in [1.807, 2.05) is 0 Å². The molecule has 0 heterocycles. The molecule has 0 bridgehead atoms. The van der Waals surface area contributed by atoms with Crippen molar-refractivity contribution in [1.82, 2.24) is 0 Å². The maximum atomic E-state index is 7.75. The minimum Gasteiger partial charge on any atom is -0.673 e. The molecule has 0 aromatic heterocycles. The Balaban J connectivity index is -0.000000146. The van der Waals surface area contributed by atoms with Crippen molar-refractivity contribution in [3.63, 3.8) is 0 Å². The standard InChI is InChI=1S/2C13H28N2.2CHO.Ru/c2*1-8-10-11(14-12(3,4)5)15-13(6,7)9-2;2*1-2;/h2*11H,8-10H2,1-7H3;2*1H;/q2*-2;2*-1;+6. The molecule has 7 heteroatoms. The Bertz CT molecular complexity index is 419. The smallest absolute Gasteiger partial charge is 0.673 e. The van der Waals surface area contributed by atoms with Crippen molar-refractivity contribution < 1.29 is 29.1 Å². The van der Waals surface area contributed by atoms with Crippen LogP contribution in [0.5, 0.6) is 0 Å². The van der Waals surface area contributed by atoms with Gasteiger partial charge in [0.1, 0.15) is 0 Å². The molecule has 0 spiro atoms. The molecule has 0 amide bonds. The van der Waals surface area contributed by atoms with E-state index in [4.69, 9.17) is 30.9 Å². The van der Waals surface area contributed by atoms with Gasteiger partial charge in [0, 0.05) is 0 Å². The van der Waals surface area contributed by atoms with Crippen LogP contribution >= 0.6 is 0 Å². The molecule has 0 N–H and O–H groups in total. The van der Waals surface area contributed by atoms with Gasteiger partial charge < -0.3 is 30.9 Å². The molecular formula is C28H58N4O2Ru. The van der Waals surface area contributed by atoms with Crippen molar-refractivity contribution in [1.29, 1.82) is 0 Å². The van der Waals surface area contributed by atoms with Gasteiger partial charge in [0.25, 0.3) is 0 Å². The molecular weight excluding hydrogens is 525 g/mol. The van der Waals surface area contributed by atoms with Crippen molar-refractivity contribution in [2.45, 2.75) is 170 Å². The molecule has 0 saturated heterocycles. The van der Waals surface area contributed by atoms with E-state index in [0.29, 0.717) is 0 Å². The fourth-order valence-corrected chi connectivity index (χ4v) is 2.72. The van der Waals surface area contributed by atoms with Gasteiger partial charge in [0.2, 0.25) is 0 Å². The molecule has 2 atom stereocenters. The molecule has 2 unspecified atom stereocenters. The minimum absolute atomic E-state index is 0. The van der Waals surface area contributed by atoms with Crippen LogP contribution in [0.1, 0.15) is 135 Å². The zero-order chi connectivity index (χ0) is 28.2. The summed E-state index contributed by atoms with van der Waals surface area (Å²) in [5, 5.41) is 19.2. The molecule has 210 valence electrons. The van der Waals surface area contributed by atoms with E-state index in [2.05, 4.69) is 111 Å². The van der Waals surface area contributed by atoms with Crippen molar-refractivity contribution in [3.05, 3.63) is 21.3 Å². The molecule has 0 fully saturated rings. The Kier molecular flexibility index (Phi) is 29.4. The maximum Gasteiger partial charge on any atom is 6.00 e. The van der Waals surface area contributed by atoms with Gasteiger partial charge in [-0.05, 0) is 0 Å². The third kappa shape index (κ3) is 33.8. The van der Waals surface area contributed by atoms with Gasteiger partial charge in [0.05, 0.1) is 0 Å². The predicted octanol–water partition coefficient (Wildman–Crippen LogP) is 9.14. The largest absolute Gasteiger partial charge is 6.00 e. The Morgan fingerprint density at radius 3 is 0.886 bits per heavy atom. The van der Waals surface area contributed by atoms with Crippen LogP contribution in [0.25, 0.3) is 21.3 Å². The SMILES string of the molecule is CCCC([N-]C(C)(C)C)[N-]C(C)(C)CC.CCCC([N-]C(C)(C)C)[N-]C(C)(C)CC.[CH-]=O.[CH-]=O.[Ru+6]. The van der Waals surface area contributed by atoms with Crippen molar-refractivity contribution in [2.24, 2.45) is 0 Å². The van der Waals surface area contributed by atoms with Crippen LogP contribution in [0, 0.1) is 0 Å². The molecule has 0 aliphatic rings. The Morgan fingerprint density at radius 2 is 0.743 bits per heavy atom. The van der Waals surface area contributed by atoms with Gasteiger partial charge in [-0.1, -0.05) is 135 Å². The third-order valence-electron chi connectivity index (χ3n) is 4.89. The summed E-state index contributed by atoms with van der Waals surface area (Å²) < 4.78 is 0. The van der Waals surface area contributed by atoms with E-state index in [9.17, 15) is 0 Å². The quantitative estimate of drug-likeness (QED) is 0.130. The second kappa shape index (κ2) is 23.0. The van der Waals surface area contributed by atoms with Gasteiger partial charge in [-0.25, -0.2) is 12.3 Å². The summed E-state index contributed by atoms with van der Waals surface area (Å²) in [6.07, 6.45) is 6.93. The van der Waals surface area contributed by atoms with E-state index in [1.165, 1.54) is 0 Å². The summed E-state index contributed by atoms with van der Waals surface area (Å²) in [6.45, 7) is 36.9. The summed E-state index contributed by atoms with van der Waals surface area (Å²) in [6, 6.07) is 0. The Hall–Kier alpha value is -0.197. The third-order valence-corrected chi connectivity index (χ3v) is 4.89. The van der Waals surface area contributed by atoms with Crippen LogP contribution in [-0.2, 0) is 29.1 Å². The first-order chi connectivity index (χ1) is 15.4. The molecule has 0 aliphatic heterocycles.